The highest BCUT2D eigenvalue weighted by molar-refractivity contribution is 6.24. The minimum absolute atomic E-state index is 0.186. The number of ether oxygens (including phenoxy) is 1. The van der Waals surface area contributed by atoms with Crippen molar-refractivity contribution in [1.82, 2.24) is 9.80 Å². The highest BCUT2D eigenvalue weighted by Gasteiger charge is 2.54. The molecule has 0 radical (unpaired) electrons. The van der Waals surface area contributed by atoms with Crippen LogP contribution in [0.5, 0.6) is 5.75 Å². The average Bonchev–Trinajstić information content (AvgIpc) is 3.09. The molecule has 3 heterocycles. The Bertz CT molecular complexity index is 936. The van der Waals surface area contributed by atoms with Crippen molar-refractivity contribution in [2.24, 2.45) is 10.9 Å². The number of urea groups is 1. The van der Waals surface area contributed by atoms with Crippen LogP contribution in [0, 0.1) is 12.8 Å². The number of carbonyl (C=O) groups excluding carboxylic acids is 2. The lowest BCUT2D eigenvalue weighted by molar-refractivity contribution is -0.539. The van der Waals surface area contributed by atoms with Gasteiger partial charge in [0.25, 0.3) is 5.91 Å². The predicted molar refractivity (Wildman–Crippen MR) is 111 cm³/mol. The van der Waals surface area contributed by atoms with Crippen molar-refractivity contribution in [3.63, 3.8) is 0 Å². The Morgan fingerprint density at radius 1 is 1.31 bits per heavy atom. The second-order valence-corrected chi connectivity index (χ2v) is 8.23. The van der Waals surface area contributed by atoms with Gasteiger partial charge < -0.3 is 4.74 Å². The Morgan fingerprint density at radius 2 is 2.07 bits per heavy atom. The van der Waals surface area contributed by atoms with Crippen LogP contribution < -0.4 is 9.64 Å². The molecule has 1 unspecified atom stereocenters. The number of carbonyl (C=O) groups is 2. The Labute approximate surface area is 171 Å². The third kappa shape index (κ3) is 3.07. The smallest absolute Gasteiger partial charge is 0.397 e. The summed E-state index contributed by atoms with van der Waals surface area (Å²) in [5.41, 5.74) is 2.05. The summed E-state index contributed by atoms with van der Waals surface area (Å²) in [4.78, 5) is 35.8. The van der Waals surface area contributed by atoms with E-state index in [9.17, 15) is 9.59 Å². The number of fused-ring (bicyclic) bond motifs is 2. The second kappa shape index (κ2) is 7.17. The monoisotopic (exact) mass is 398 g/mol. The number of aliphatic imine (C=N–C) groups is 1. The third-order valence-corrected chi connectivity index (χ3v) is 5.58. The van der Waals surface area contributed by atoms with Gasteiger partial charge in [0.15, 0.2) is 5.75 Å². The van der Waals surface area contributed by atoms with Crippen molar-refractivity contribution in [2.45, 2.75) is 33.2 Å². The van der Waals surface area contributed by atoms with Crippen molar-refractivity contribution in [3.8, 4) is 5.75 Å². The topological polar surface area (TPSA) is 68.5 Å². The third-order valence-electron chi connectivity index (χ3n) is 5.58. The maximum absolute atomic E-state index is 13.3. The first-order valence-corrected chi connectivity index (χ1v) is 10.1. The minimum atomic E-state index is -0.551. The number of aryl methyl sites for hydroxylation is 1. The average molecular weight is 398 g/mol. The highest BCUT2D eigenvalue weighted by atomic mass is 16.5. The zero-order valence-corrected chi connectivity index (χ0v) is 17.7. The molecule has 1 aromatic rings. The molecule has 3 aliphatic rings. The fraction of sp³-hybridized carbons (Fsp3) is 0.524. The normalized spacial score (nSPS) is 21.7. The summed E-state index contributed by atoms with van der Waals surface area (Å²) in [6, 6.07) is 5.17. The van der Waals surface area contributed by atoms with Gasteiger partial charge in [0, 0.05) is 20.0 Å². The fourth-order valence-electron chi connectivity index (χ4n) is 4.22. The summed E-state index contributed by atoms with van der Waals surface area (Å²) >= 11 is 0. The summed E-state index contributed by atoms with van der Waals surface area (Å²) in [6.07, 6.45) is 0.884. The maximum Gasteiger partial charge on any atom is 0.397 e. The van der Waals surface area contributed by atoms with Gasteiger partial charge >= 0.3 is 12.0 Å². The van der Waals surface area contributed by atoms with Crippen LogP contribution in [0.15, 0.2) is 23.2 Å². The Kier molecular flexibility index (Phi) is 4.80. The van der Waals surface area contributed by atoms with Crippen LogP contribution in [0.2, 0.25) is 0 Å². The number of hydrogen-bond acceptors (Lipinski definition) is 5. The number of benzene rings is 1. The number of nitrogens with zero attached hydrogens (tertiary/aromatic N) is 5. The van der Waals surface area contributed by atoms with Gasteiger partial charge in [-0.1, -0.05) is 24.9 Å². The predicted octanol–water partition coefficient (Wildman–Crippen LogP) is 1.91. The maximum atomic E-state index is 13.3. The van der Waals surface area contributed by atoms with E-state index in [-0.39, 0.29) is 17.9 Å². The van der Waals surface area contributed by atoms with E-state index in [1.54, 1.807) is 14.2 Å². The van der Waals surface area contributed by atoms with E-state index >= 15 is 0 Å². The van der Waals surface area contributed by atoms with Crippen molar-refractivity contribution in [2.75, 3.05) is 38.7 Å². The number of hydrogen-bond donors (Lipinski definition) is 0. The second-order valence-electron chi connectivity index (χ2n) is 8.23. The number of anilines is 1. The van der Waals surface area contributed by atoms with Gasteiger partial charge in [0.2, 0.25) is 11.9 Å². The molecule has 0 aromatic heterocycles. The minimum Gasteiger partial charge on any atom is -0.493 e. The van der Waals surface area contributed by atoms with E-state index in [0.29, 0.717) is 18.3 Å². The molecule has 3 amide bonds. The summed E-state index contributed by atoms with van der Waals surface area (Å²) in [5.74, 6) is 1.99. The molecule has 1 atom stereocenters. The first kappa shape index (κ1) is 19.4. The summed E-state index contributed by atoms with van der Waals surface area (Å²) in [7, 11) is 3.35. The molecule has 8 nitrogen and oxygen atoms in total. The van der Waals surface area contributed by atoms with Crippen LogP contribution in [-0.2, 0) is 4.79 Å². The van der Waals surface area contributed by atoms with Gasteiger partial charge in [-0.15, -0.1) is 0 Å². The molecule has 0 bridgehead atoms. The van der Waals surface area contributed by atoms with Gasteiger partial charge in [0.1, 0.15) is 5.69 Å². The number of amidine groups is 1. The fourth-order valence-corrected chi connectivity index (χ4v) is 4.22. The largest absolute Gasteiger partial charge is 0.493 e. The highest BCUT2D eigenvalue weighted by Crippen LogP contribution is 2.33. The molecule has 1 aromatic carbocycles. The van der Waals surface area contributed by atoms with Crippen LogP contribution in [0.25, 0.3) is 0 Å². The van der Waals surface area contributed by atoms with E-state index in [4.69, 9.17) is 9.73 Å². The van der Waals surface area contributed by atoms with Crippen LogP contribution in [-0.4, -0.2) is 77.9 Å². The molecule has 3 aliphatic heterocycles. The van der Waals surface area contributed by atoms with Crippen LogP contribution in [0.4, 0.5) is 10.5 Å². The standard InChI is InChI=1S/C21H28N5O3/c1-13(2)12-26-19(27)17-18(23(4)21(26)28)22-20-24(9-6-10-25(17)20)15-11-14(3)7-8-16(15)29-5/h7-8,11,13,17H,6,9-10,12H2,1-5H3/q+1. The SMILES string of the molecule is COc1ccc(C)cc1N1CCC[N+]2=C1N=C1C2C(=O)N(CC(C)C)C(=O)N1C. The number of imide groups is 1. The number of amides is 3. The lowest BCUT2D eigenvalue weighted by atomic mass is 10.1. The molecule has 29 heavy (non-hydrogen) atoms. The van der Waals surface area contributed by atoms with Crippen molar-refractivity contribution in [3.05, 3.63) is 23.8 Å². The molecular formula is C21H28N5O3+. The Hall–Kier alpha value is -2.90. The van der Waals surface area contributed by atoms with E-state index < -0.39 is 6.04 Å². The van der Waals surface area contributed by atoms with E-state index in [0.717, 1.165) is 36.5 Å². The summed E-state index contributed by atoms with van der Waals surface area (Å²) < 4.78 is 7.61. The van der Waals surface area contributed by atoms with Crippen molar-refractivity contribution in [1.29, 1.82) is 0 Å². The van der Waals surface area contributed by atoms with Gasteiger partial charge in [-0.05, 0) is 30.5 Å². The van der Waals surface area contributed by atoms with E-state index in [1.807, 2.05) is 37.5 Å². The molecule has 0 saturated carbocycles. The lowest BCUT2D eigenvalue weighted by Gasteiger charge is -2.35. The van der Waals surface area contributed by atoms with Gasteiger partial charge in [-0.2, -0.15) is 0 Å². The molecule has 0 aliphatic carbocycles. The molecule has 4 rings (SSSR count). The van der Waals surface area contributed by atoms with Gasteiger partial charge in [0.05, 0.1) is 20.2 Å². The first-order chi connectivity index (χ1) is 13.8. The zero-order chi connectivity index (χ0) is 20.9. The van der Waals surface area contributed by atoms with Gasteiger partial charge in [-0.3, -0.25) is 14.6 Å². The number of likely N-dealkylation sites (N-methyl/N-ethyl adjacent to an activating group) is 1. The number of methoxy groups -OCH3 is 1. The zero-order valence-electron chi connectivity index (χ0n) is 17.7. The lowest BCUT2D eigenvalue weighted by Crippen LogP contribution is -2.63. The molecule has 1 saturated heterocycles. The van der Waals surface area contributed by atoms with Crippen molar-refractivity contribution >= 4 is 29.4 Å². The van der Waals surface area contributed by atoms with Gasteiger partial charge in [-0.25, -0.2) is 14.3 Å². The molecule has 154 valence electrons. The molecular weight excluding hydrogens is 370 g/mol. The van der Waals surface area contributed by atoms with Crippen LogP contribution in [0.1, 0.15) is 25.8 Å². The molecule has 1 fully saturated rings. The van der Waals surface area contributed by atoms with E-state index in [1.165, 1.54) is 9.80 Å². The van der Waals surface area contributed by atoms with Crippen LogP contribution >= 0.6 is 0 Å². The first-order valence-electron chi connectivity index (χ1n) is 10.1. The molecule has 8 heteroatoms. The van der Waals surface area contributed by atoms with Crippen molar-refractivity contribution < 1.29 is 18.9 Å². The summed E-state index contributed by atoms with van der Waals surface area (Å²) in [5, 5.41) is 0. The molecule has 0 N–H and O–H groups in total. The number of guanidine groups is 1. The van der Waals surface area contributed by atoms with E-state index in [2.05, 4.69) is 11.0 Å². The summed E-state index contributed by atoms with van der Waals surface area (Å²) in [6.45, 7) is 7.95. The Morgan fingerprint density at radius 3 is 2.76 bits per heavy atom. The Balaban J connectivity index is 1.78. The quantitative estimate of drug-likeness (QED) is 0.727. The number of rotatable bonds is 4. The molecule has 0 spiro atoms. The van der Waals surface area contributed by atoms with Crippen LogP contribution in [0.3, 0.4) is 0 Å².